The van der Waals surface area contributed by atoms with E-state index in [4.69, 9.17) is 4.74 Å². The quantitative estimate of drug-likeness (QED) is 0.809. The Balaban J connectivity index is 1.95. The van der Waals surface area contributed by atoms with E-state index in [1.807, 2.05) is 0 Å². The van der Waals surface area contributed by atoms with Crippen molar-refractivity contribution in [2.75, 3.05) is 19.8 Å². The van der Waals surface area contributed by atoms with E-state index < -0.39 is 17.7 Å². The van der Waals surface area contributed by atoms with Crippen molar-refractivity contribution in [3.05, 3.63) is 35.4 Å². The summed E-state index contributed by atoms with van der Waals surface area (Å²) in [4.78, 5) is 0. The van der Waals surface area contributed by atoms with Crippen LogP contribution in [0.15, 0.2) is 18.2 Å². The van der Waals surface area contributed by atoms with E-state index in [9.17, 15) is 13.9 Å². The topological polar surface area (TPSA) is 41.5 Å². The van der Waals surface area contributed by atoms with Gasteiger partial charge in [0.1, 0.15) is 11.6 Å². The van der Waals surface area contributed by atoms with Crippen LogP contribution in [0, 0.1) is 11.6 Å². The summed E-state index contributed by atoms with van der Waals surface area (Å²) in [5, 5.41) is 12.7. The molecule has 0 amide bonds. The van der Waals surface area contributed by atoms with Crippen LogP contribution in [0.3, 0.4) is 0 Å². The SMILES string of the molecule is OC(CNC1COC1)c1cc(F)ccc1F. The van der Waals surface area contributed by atoms with Crippen molar-refractivity contribution >= 4 is 0 Å². The van der Waals surface area contributed by atoms with Crippen molar-refractivity contribution in [1.82, 2.24) is 5.32 Å². The van der Waals surface area contributed by atoms with E-state index in [1.54, 1.807) is 0 Å². The Hall–Kier alpha value is -1.04. The van der Waals surface area contributed by atoms with Crippen LogP contribution in [-0.2, 0) is 4.74 Å². The minimum Gasteiger partial charge on any atom is -0.387 e. The summed E-state index contributed by atoms with van der Waals surface area (Å²) in [6.07, 6.45) is -1.05. The van der Waals surface area contributed by atoms with E-state index in [0.717, 1.165) is 18.2 Å². The maximum atomic E-state index is 13.3. The molecule has 1 aliphatic heterocycles. The number of aliphatic hydroxyl groups is 1. The summed E-state index contributed by atoms with van der Waals surface area (Å²) in [6.45, 7) is 1.38. The van der Waals surface area contributed by atoms with Gasteiger partial charge in [0.2, 0.25) is 0 Å². The fraction of sp³-hybridized carbons (Fsp3) is 0.455. The van der Waals surface area contributed by atoms with E-state index >= 15 is 0 Å². The molecule has 1 aliphatic rings. The first kappa shape index (κ1) is 11.4. The van der Waals surface area contributed by atoms with Crippen molar-refractivity contribution in [2.45, 2.75) is 12.1 Å². The van der Waals surface area contributed by atoms with E-state index in [-0.39, 0.29) is 18.2 Å². The summed E-state index contributed by atoms with van der Waals surface area (Å²) in [6, 6.07) is 3.25. The Morgan fingerprint density at radius 1 is 1.44 bits per heavy atom. The van der Waals surface area contributed by atoms with Gasteiger partial charge in [-0.3, -0.25) is 0 Å². The smallest absolute Gasteiger partial charge is 0.129 e. The molecular formula is C11H13F2NO2. The number of hydrogen-bond acceptors (Lipinski definition) is 3. The molecular weight excluding hydrogens is 216 g/mol. The molecule has 1 saturated heterocycles. The highest BCUT2D eigenvalue weighted by Crippen LogP contribution is 2.18. The average molecular weight is 229 g/mol. The van der Waals surface area contributed by atoms with E-state index in [2.05, 4.69) is 5.32 Å². The molecule has 0 spiro atoms. The summed E-state index contributed by atoms with van der Waals surface area (Å²) in [7, 11) is 0. The van der Waals surface area contributed by atoms with Gasteiger partial charge in [-0.2, -0.15) is 0 Å². The second-order valence-electron chi connectivity index (χ2n) is 3.82. The van der Waals surface area contributed by atoms with Crippen LogP contribution in [0.2, 0.25) is 0 Å². The van der Waals surface area contributed by atoms with Crippen LogP contribution in [-0.4, -0.2) is 30.9 Å². The molecule has 5 heteroatoms. The summed E-state index contributed by atoms with van der Waals surface area (Å²) >= 11 is 0. The monoisotopic (exact) mass is 229 g/mol. The van der Waals surface area contributed by atoms with Crippen molar-refractivity contribution in [1.29, 1.82) is 0 Å². The molecule has 0 aliphatic carbocycles. The lowest BCUT2D eigenvalue weighted by Gasteiger charge is -2.28. The zero-order chi connectivity index (χ0) is 11.5. The van der Waals surface area contributed by atoms with Crippen LogP contribution in [0.5, 0.6) is 0 Å². The molecule has 2 N–H and O–H groups in total. The molecule has 0 aromatic heterocycles. The van der Waals surface area contributed by atoms with Crippen LogP contribution in [0.25, 0.3) is 0 Å². The van der Waals surface area contributed by atoms with Gasteiger partial charge in [0.15, 0.2) is 0 Å². The number of nitrogens with one attached hydrogen (secondary N) is 1. The Morgan fingerprint density at radius 2 is 2.19 bits per heavy atom. The van der Waals surface area contributed by atoms with Crippen molar-refractivity contribution in [3.8, 4) is 0 Å². The predicted octanol–water partition coefficient (Wildman–Crippen LogP) is 0.987. The van der Waals surface area contributed by atoms with Gasteiger partial charge < -0.3 is 15.2 Å². The fourth-order valence-electron chi connectivity index (χ4n) is 1.51. The summed E-state index contributed by atoms with van der Waals surface area (Å²) in [5.74, 6) is -1.15. The van der Waals surface area contributed by atoms with Gasteiger partial charge in [-0.25, -0.2) is 8.78 Å². The van der Waals surface area contributed by atoms with Crippen molar-refractivity contribution in [3.63, 3.8) is 0 Å². The van der Waals surface area contributed by atoms with Gasteiger partial charge in [0.05, 0.1) is 25.4 Å². The van der Waals surface area contributed by atoms with Gasteiger partial charge in [-0.05, 0) is 18.2 Å². The molecule has 1 unspecified atom stereocenters. The molecule has 16 heavy (non-hydrogen) atoms. The predicted molar refractivity (Wildman–Crippen MR) is 53.9 cm³/mol. The fourth-order valence-corrected chi connectivity index (χ4v) is 1.51. The van der Waals surface area contributed by atoms with Crippen molar-refractivity contribution in [2.24, 2.45) is 0 Å². The second kappa shape index (κ2) is 4.86. The van der Waals surface area contributed by atoms with E-state index in [1.165, 1.54) is 0 Å². The third-order valence-electron chi connectivity index (χ3n) is 2.55. The molecule has 0 saturated carbocycles. The first-order valence-electron chi connectivity index (χ1n) is 5.11. The van der Waals surface area contributed by atoms with Crippen LogP contribution < -0.4 is 5.32 Å². The van der Waals surface area contributed by atoms with Gasteiger partial charge in [-0.1, -0.05) is 0 Å². The maximum Gasteiger partial charge on any atom is 0.129 e. The van der Waals surface area contributed by atoms with Crippen LogP contribution in [0.4, 0.5) is 8.78 Å². The maximum absolute atomic E-state index is 13.3. The molecule has 1 aromatic rings. The summed E-state index contributed by atoms with van der Waals surface area (Å²) < 4.78 is 31.1. The Labute approximate surface area is 92.0 Å². The van der Waals surface area contributed by atoms with Gasteiger partial charge >= 0.3 is 0 Å². The van der Waals surface area contributed by atoms with Gasteiger partial charge in [0, 0.05) is 12.1 Å². The standard InChI is InChI=1S/C11H13F2NO2/c12-7-1-2-10(13)9(3-7)11(15)4-14-8-5-16-6-8/h1-3,8,11,14-15H,4-6H2. The Morgan fingerprint density at radius 3 is 2.81 bits per heavy atom. The zero-order valence-corrected chi connectivity index (χ0v) is 8.62. The average Bonchev–Trinajstić information content (AvgIpc) is 2.19. The first-order valence-corrected chi connectivity index (χ1v) is 5.11. The highest BCUT2D eigenvalue weighted by molar-refractivity contribution is 5.21. The molecule has 2 rings (SSSR count). The number of ether oxygens (including phenoxy) is 1. The number of halogens is 2. The lowest BCUT2D eigenvalue weighted by molar-refractivity contribution is -0.00995. The highest BCUT2D eigenvalue weighted by Gasteiger charge is 2.20. The molecule has 1 aromatic carbocycles. The molecule has 1 heterocycles. The lowest BCUT2D eigenvalue weighted by Crippen LogP contribution is -2.47. The number of benzene rings is 1. The Kier molecular flexibility index (Phi) is 3.48. The van der Waals surface area contributed by atoms with Gasteiger partial charge in [0.25, 0.3) is 0 Å². The number of hydrogen-bond donors (Lipinski definition) is 2. The number of rotatable bonds is 4. The highest BCUT2D eigenvalue weighted by atomic mass is 19.1. The Bertz CT molecular complexity index is 369. The van der Waals surface area contributed by atoms with E-state index in [0.29, 0.717) is 13.2 Å². The normalized spacial score (nSPS) is 18.2. The summed E-state index contributed by atoms with van der Waals surface area (Å²) in [5.41, 5.74) is -0.0206. The van der Waals surface area contributed by atoms with Crippen molar-refractivity contribution < 1.29 is 18.6 Å². The number of aliphatic hydroxyl groups excluding tert-OH is 1. The third kappa shape index (κ3) is 2.55. The molecule has 3 nitrogen and oxygen atoms in total. The molecule has 1 fully saturated rings. The zero-order valence-electron chi connectivity index (χ0n) is 8.62. The lowest BCUT2D eigenvalue weighted by atomic mass is 10.1. The van der Waals surface area contributed by atoms with Gasteiger partial charge in [-0.15, -0.1) is 0 Å². The molecule has 0 bridgehead atoms. The first-order chi connectivity index (χ1) is 7.66. The second-order valence-corrected chi connectivity index (χ2v) is 3.82. The molecule has 1 atom stereocenters. The molecule has 0 radical (unpaired) electrons. The minimum absolute atomic E-state index is 0.0206. The third-order valence-corrected chi connectivity index (χ3v) is 2.55. The van der Waals surface area contributed by atoms with Crippen LogP contribution >= 0.6 is 0 Å². The minimum atomic E-state index is -1.05. The molecule has 88 valence electrons. The largest absolute Gasteiger partial charge is 0.387 e. The van der Waals surface area contributed by atoms with Crippen LogP contribution in [0.1, 0.15) is 11.7 Å².